The highest BCUT2D eigenvalue weighted by molar-refractivity contribution is 6.30. The third kappa shape index (κ3) is 2.56. The van der Waals surface area contributed by atoms with Crippen molar-refractivity contribution in [1.82, 2.24) is 5.16 Å². The Hall–Kier alpha value is -1.81. The Bertz CT molecular complexity index is 677. The van der Waals surface area contributed by atoms with Crippen LogP contribution in [0.2, 0.25) is 5.02 Å². The number of carboxylic acid groups (broad SMARTS) is 1. The van der Waals surface area contributed by atoms with Crippen LogP contribution in [0.3, 0.4) is 0 Å². The standard InChI is InChI=1S/C16H16ClNO3/c1-16(15(19)20)8-2-3-12-13(9-16)21-18-14(12)10-4-6-11(17)7-5-10/h4-7H,2-3,8-9H2,1H3,(H,19,20). The molecule has 2 aromatic rings. The normalized spacial score (nSPS) is 21.6. The van der Waals surface area contributed by atoms with Gasteiger partial charge in [0.05, 0.1) is 5.41 Å². The predicted molar refractivity (Wildman–Crippen MR) is 79.3 cm³/mol. The van der Waals surface area contributed by atoms with Gasteiger partial charge >= 0.3 is 5.97 Å². The molecule has 110 valence electrons. The molecule has 0 fully saturated rings. The zero-order valence-corrected chi connectivity index (χ0v) is 12.5. The summed E-state index contributed by atoms with van der Waals surface area (Å²) in [5, 5.41) is 14.3. The van der Waals surface area contributed by atoms with Gasteiger partial charge in [0.15, 0.2) is 0 Å². The zero-order valence-electron chi connectivity index (χ0n) is 11.7. The Morgan fingerprint density at radius 1 is 1.38 bits per heavy atom. The lowest BCUT2D eigenvalue weighted by Gasteiger charge is -2.21. The van der Waals surface area contributed by atoms with Crippen LogP contribution in [-0.2, 0) is 17.6 Å². The van der Waals surface area contributed by atoms with Gasteiger partial charge in [-0.25, -0.2) is 0 Å². The molecule has 0 saturated carbocycles. The fourth-order valence-corrected chi connectivity index (χ4v) is 2.98. The maximum Gasteiger partial charge on any atom is 0.309 e. The second-order valence-corrected chi connectivity index (χ2v) is 6.27. The number of aromatic nitrogens is 1. The minimum absolute atomic E-state index is 0.387. The van der Waals surface area contributed by atoms with E-state index in [1.165, 1.54) is 0 Å². The number of fused-ring (bicyclic) bond motifs is 1. The predicted octanol–water partition coefficient (Wildman–Crippen LogP) is 3.96. The molecule has 1 atom stereocenters. The SMILES string of the molecule is CC1(C(=O)O)CCCc2c(-c3ccc(Cl)cc3)noc2C1. The van der Waals surface area contributed by atoms with E-state index >= 15 is 0 Å². The van der Waals surface area contributed by atoms with Gasteiger partial charge in [0.25, 0.3) is 0 Å². The topological polar surface area (TPSA) is 63.3 Å². The molecule has 21 heavy (non-hydrogen) atoms. The first-order chi connectivity index (χ1) is 9.99. The monoisotopic (exact) mass is 305 g/mol. The van der Waals surface area contributed by atoms with Crippen molar-refractivity contribution in [3.63, 3.8) is 0 Å². The fraction of sp³-hybridized carbons (Fsp3) is 0.375. The van der Waals surface area contributed by atoms with Crippen LogP contribution < -0.4 is 0 Å². The molecule has 1 aromatic carbocycles. The molecular formula is C16H16ClNO3. The van der Waals surface area contributed by atoms with E-state index in [0.717, 1.165) is 29.7 Å². The minimum atomic E-state index is -0.778. The summed E-state index contributed by atoms with van der Waals surface area (Å²) in [5.74, 6) is -0.0813. The van der Waals surface area contributed by atoms with Crippen LogP contribution in [0.4, 0.5) is 0 Å². The third-order valence-corrected chi connectivity index (χ3v) is 4.46. The van der Waals surface area contributed by atoms with Crippen LogP contribution in [0.1, 0.15) is 31.1 Å². The highest BCUT2D eigenvalue weighted by atomic mass is 35.5. The second kappa shape index (κ2) is 5.19. The number of carbonyl (C=O) groups is 1. The Kier molecular flexibility index (Phi) is 3.49. The largest absolute Gasteiger partial charge is 0.481 e. The highest BCUT2D eigenvalue weighted by Gasteiger charge is 2.38. The average molecular weight is 306 g/mol. The number of rotatable bonds is 2. The van der Waals surface area contributed by atoms with Crippen molar-refractivity contribution in [2.75, 3.05) is 0 Å². The first-order valence-corrected chi connectivity index (χ1v) is 7.34. The van der Waals surface area contributed by atoms with Crippen molar-refractivity contribution in [3.8, 4) is 11.3 Å². The summed E-state index contributed by atoms with van der Waals surface area (Å²) < 4.78 is 5.45. The number of hydrogen-bond donors (Lipinski definition) is 1. The van der Waals surface area contributed by atoms with E-state index in [1.807, 2.05) is 24.3 Å². The molecule has 1 aromatic heterocycles. The van der Waals surface area contributed by atoms with E-state index < -0.39 is 11.4 Å². The summed E-state index contributed by atoms with van der Waals surface area (Å²) in [7, 11) is 0. The smallest absolute Gasteiger partial charge is 0.309 e. The van der Waals surface area contributed by atoms with E-state index in [-0.39, 0.29) is 0 Å². The number of hydrogen-bond acceptors (Lipinski definition) is 3. The van der Waals surface area contributed by atoms with E-state index in [2.05, 4.69) is 5.16 Å². The number of carboxylic acids is 1. The summed E-state index contributed by atoms with van der Waals surface area (Å²) in [4.78, 5) is 11.5. The molecule has 4 nitrogen and oxygen atoms in total. The van der Waals surface area contributed by atoms with Gasteiger partial charge in [-0.3, -0.25) is 4.79 Å². The molecule has 0 amide bonds. The second-order valence-electron chi connectivity index (χ2n) is 5.84. The van der Waals surface area contributed by atoms with Gasteiger partial charge in [-0.1, -0.05) is 28.9 Å². The summed E-state index contributed by atoms with van der Waals surface area (Å²) in [6, 6.07) is 7.44. The molecular weight excluding hydrogens is 290 g/mol. The molecule has 1 unspecified atom stereocenters. The Labute approximate surface area is 127 Å². The van der Waals surface area contributed by atoms with Crippen molar-refractivity contribution in [2.45, 2.75) is 32.6 Å². The van der Waals surface area contributed by atoms with Crippen molar-refractivity contribution in [1.29, 1.82) is 0 Å². The quantitative estimate of drug-likeness (QED) is 0.853. The zero-order chi connectivity index (χ0) is 15.0. The van der Waals surface area contributed by atoms with Gasteiger partial charge in [-0.2, -0.15) is 0 Å². The molecule has 1 aliphatic carbocycles. The number of halogens is 1. The molecule has 0 saturated heterocycles. The molecule has 0 bridgehead atoms. The van der Waals surface area contributed by atoms with Crippen LogP contribution in [0.25, 0.3) is 11.3 Å². The third-order valence-electron chi connectivity index (χ3n) is 4.21. The summed E-state index contributed by atoms with van der Waals surface area (Å²) in [6.45, 7) is 1.77. The van der Waals surface area contributed by atoms with E-state index in [4.69, 9.17) is 16.1 Å². The summed E-state index contributed by atoms with van der Waals surface area (Å²) >= 11 is 5.91. The van der Waals surface area contributed by atoms with Crippen molar-refractivity contribution < 1.29 is 14.4 Å². The number of benzene rings is 1. The molecule has 1 N–H and O–H groups in total. The van der Waals surface area contributed by atoms with Crippen molar-refractivity contribution in [2.24, 2.45) is 5.41 Å². The lowest BCUT2D eigenvalue weighted by molar-refractivity contribution is -0.148. The van der Waals surface area contributed by atoms with Gasteiger partial charge in [-0.05, 0) is 38.3 Å². The van der Waals surface area contributed by atoms with Crippen LogP contribution in [0, 0.1) is 5.41 Å². The van der Waals surface area contributed by atoms with Gasteiger partial charge in [0, 0.05) is 22.6 Å². The Morgan fingerprint density at radius 2 is 2.10 bits per heavy atom. The van der Waals surface area contributed by atoms with E-state index in [0.29, 0.717) is 23.6 Å². The van der Waals surface area contributed by atoms with Gasteiger partial charge in [0.1, 0.15) is 11.5 Å². The molecule has 0 spiro atoms. The number of aliphatic carboxylic acids is 1. The van der Waals surface area contributed by atoms with Crippen LogP contribution >= 0.6 is 11.6 Å². The molecule has 0 aliphatic heterocycles. The van der Waals surface area contributed by atoms with Crippen molar-refractivity contribution in [3.05, 3.63) is 40.6 Å². The Balaban J connectivity index is 2.00. The maximum atomic E-state index is 11.5. The van der Waals surface area contributed by atoms with Crippen molar-refractivity contribution >= 4 is 17.6 Å². The van der Waals surface area contributed by atoms with E-state index in [1.54, 1.807) is 6.92 Å². The minimum Gasteiger partial charge on any atom is -0.481 e. The first kappa shape index (κ1) is 14.1. The average Bonchev–Trinajstić information content (AvgIpc) is 2.74. The van der Waals surface area contributed by atoms with E-state index in [9.17, 15) is 9.90 Å². The van der Waals surface area contributed by atoms with Crippen LogP contribution in [-0.4, -0.2) is 16.2 Å². The molecule has 1 heterocycles. The lowest BCUT2D eigenvalue weighted by Crippen LogP contribution is -2.29. The van der Waals surface area contributed by atoms with Crippen LogP contribution in [0.15, 0.2) is 28.8 Å². The summed E-state index contributed by atoms with van der Waals surface area (Å²) in [6.07, 6.45) is 2.64. The summed E-state index contributed by atoms with van der Waals surface area (Å²) in [5.41, 5.74) is 2.00. The maximum absolute atomic E-state index is 11.5. The van der Waals surface area contributed by atoms with Gasteiger partial charge in [-0.15, -0.1) is 0 Å². The number of nitrogens with zero attached hydrogens (tertiary/aromatic N) is 1. The molecule has 1 aliphatic rings. The van der Waals surface area contributed by atoms with Gasteiger partial charge in [0.2, 0.25) is 0 Å². The highest BCUT2D eigenvalue weighted by Crippen LogP contribution is 2.38. The Morgan fingerprint density at radius 3 is 2.76 bits per heavy atom. The lowest BCUT2D eigenvalue weighted by atomic mass is 9.83. The van der Waals surface area contributed by atoms with Crippen LogP contribution in [0.5, 0.6) is 0 Å². The van der Waals surface area contributed by atoms with Gasteiger partial charge < -0.3 is 9.63 Å². The fourth-order valence-electron chi connectivity index (χ4n) is 2.86. The molecule has 0 radical (unpaired) electrons. The molecule has 5 heteroatoms. The molecule has 3 rings (SSSR count). The first-order valence-electron chi connectivity index (χ1n) is 6.96.